The summed E-state index contributed by atoms with van der Waals surface area (Å²) >= 11 is 0. The number of piperidine rings is 2. The van der Waals surface area contributed by atoms with Crippen LogP contribution >= 0.6 is 0 Å². The summed E-state index contributed by atoms with van der Waals surface area (Å²) in [6.45, 7) is 4.47. The van der Waals surface area contributed by atoms with Crippen molar-refractivity contribution in [1.29, 1.82) is 0 Å². The van der Waals surface area contributed by atoms with Crippen molar-refractivity contribution in [3.05, 3.63) is 0 Å². The van der Waals surface area contributed by atoms with E-state index < -0.39 is 0 Å². The van der Waals surface area contributed by atoms with Crippen molar-refractivity contribution in [3.8, 4) is 0 Å². The third-order valence-electron chi connectivity index (χ3n) is 4.77. The van der Waals surface area contributed by atoms with Gasteiger partial charge in [0.1, 0.15) is 0 Å². The number of carbonyl (C=O) groups is 1. The maximum Gasteiger partial charge on any atom is 0.222 e. The first-order chi connectivity index (χ1) is 9.16. The van der Waals surface area contributed by atoms with Gasteiger partial charge in [0.15, 0.2) is 0 Å². The molecule has 2 rings (SSSR count). The van der Waals surface area contributed by atoms with Crippen molar-refractivity contribution in [2.45, 2.75) is 44.6 Å². The first kappa shape index (κ1) is 14.8. The van der Waals surface area contributed by atoms with Crippen LogP contribution in [-0.4, -0.2) is 62.0 Å². The molecule has 0 aromatic rings. The molecule has 0 aromatic carbocycles. The predicted molar refractivity (Wildman–Crippen MR) is 78.1 cm³/mol. The number of hydrogen-bond acceptors (Lipinski definition) is 3. The molecule has 0 saturated carbocycles. The van der Waals surface area contributed by atoms with Crippen LogP contribution < -0.4 is 5.32 Å². The number of nitrogens with one attached hydrogen (secondary N) is 1. The maximum absolute atomic E-state index is 12.3. The van der Waals surface area contributed by atoms with Crippen LogP contribution in [0.4, 0.5) is 0 Å². The van der Waals surface area contributed by atoms with Gasteiger partial charge in [-0.3, -0.25) is 4.79 Å². The fourth-order valence-electron chi connectivity index (χ4n) is 3.33. The summed E-state index contributed by atoms with van der Waals surface area (Å²) in [4.78, 5) is 16.6. The molecular weight excluding hydrogens is 238 g/mol. The Morgan fingerprint density at radius 1 is 1.32 bits per heavy atom. The van der Waals surface area contributed by atoms with Gasteiger partial charge in [-0.05, 0) is 64.7 Å². The number of nitrogens with zero attached hydrogens (tertiary/aromatic N) is 2. The summed E-state index contributed by atoms with van der Waals surface area (Å²) < 4.78 is 0. The average Bonchev–Trinajstić information content (AvgIpc) is 2.45. The van der Waals surface area contributed by atoms with Crippen LogP contribution in [0.25, 0.3) is 0 Å². The number of hydrogen-bond donors (Lipinski definition) is 1. The molecule has 2 fully saturated rings. The minimum Gasteiger partial charge on any atom is -0.341 e. The van der Waals surface area contributed by atoms with E-state index in [1.807, 2.05) is 11.9 Å². The highest BCUT2D eigenvalue weighted by Crippen LogP contribution is 2.20. The van der Waals surface area contributed by atoms with E-state index >= 15 is 0 Å². The molecule has 0 aromatic heterocycles. The Morgan fingerprint density at radius 3 is 2.74 bits per heavy atom. The van der Waals surface area contributed by atoms with Crippen LogP contribution in [0.1, 0.15) is 38.5 Å². The minimum absolute atomic E-state index is 0.346. The maximum atomic E-state index is 12.3. The molecule has 2 aliphatic heterocycles. The molecule has 4 heteroatoms. The van der Waals surface area contributed by atoms with Crippen LogP contribution in [0.2, 0.25) is 0 Å². The van der Waals surface area contributed by atoms with Crippen LogP contribution in [0.5, 0.6) is 0 Å². The Balaban J connectivity index is 1.72. The highest BCUT2D eigenvalue weighted by atomic mass is 16.2. The van der Waals surface area contributed by atoms with Crippen LogP contribution in [-0.2, 0) is 4.79 Å². The number of amides is 1. The van der Waals surface area contributed by atoms with Crippen molar-refractivity contribution in [1.82, 2.24) is 15.1 Å². The summed E-state index contributed by atoms with van der Waals surface area (Å²) in [6.07, 6.45) is 6.67. The predicted octanol–water partition coefficient (Wildman–Crippen LogP) is 1.32. The fourth-order valence-corrected chi connectivity index (χ4v) is 3.33. The van der Waals surface area contributed by atoms with Gasteiger partial charge < -0.3 is 15.1 Å². The third kappa shape index (κ3) is 4.46. The molecule has 0 spiro atoms. The normalized spacial score (nSPS) is 26.3. The lowest BCUT2D eigenvalue weighted by Gasteiger charge is -2.36. The Labute approximate surface area is 117 Å². The summed E-state index contributed by atoms with van der Waals surface area (Å²) in [5.41, 5.74) is 0. The third-order valence-corrected chi connectivity index (χ3v) is 4.77. The second-order valence-electron chi connectivity index (χ2n) is 6.29. The van der Waals surface area contributed by atoms with Gasteiger partial charge in [0.2, 0.25) is 5.91 Å². The van der Waals surface area contributed by atoms with Gasteiger partial charge in [-0.15, -0.1) is 0 Å². The number of carbonyl (C=O) groups excluding carboxylic acids is 1. The number of likely N-dealkylation sites (N-methyl/N-ethyl adjacent to an activating group) is 2. The Morgan fingerprint density at radius 2 is 2.05 bits per heavy atom. The monoisotopic (exact) mass is 267 g/mol. The molecule has 0 radical (unpaired) electrons. The molecule has 1 amide bonds. The SMILES string of the molecule is CN1CCCC(N(C)C(=O)CCC2CCNCC2)C1. The van der Waals surface area contributed by atoms with Gasteiger partial charge in [0, 0.05) is 26.1 Å². The van der Waals surface area contributed by atoms with E-state index in [2.05, 4.69) is 17.3 Å². The Hall–Kier alpha value is -0.610. The van der Waals surface area contributed by atoms with Gasteiger partial charge in [0.05, 0.1) is 0 Å². The van der Waals surface area contributed by atoms with Gasteiger partial charge in [-0.2, -0.15) is 0 Å². The molecule has 0 aliphatic carbocycles. The minimum atomic E-state index is 0.346. The molecule has 0 bridgehead atoms. The second kappa shape index (κ2) is 7.25. The molecular formula is C15H29N3O. The summed E-state index contributed by atoms with van der Waals surface area (Å²) in [7, 11) is 4.15. The van der Waals surface area contributed by atoms with Crippen molar-refractivity contribution < 1.29 is 4.79 Å². The average molecular weight is 267 g/mol. The highest BCUT2D eigenvalue weighted by Gasteiger charge is 2.24. The van der Waals surface area contributed by atoms with E-state index in [4.69, 9.17) is 0 Å². The summed E-state index contributed by atoms with van der Waals surface area (Å²) in [6, 6.07) is 0.430. The number of likely N-dealkylation sites (tertiary alicyclic amines) is 1. The van der Waals surface area contributed by atoms with E-state index in [-0.39, 0.29) is 0 Å². The van der Waals surface area contributed by atoms with E-state index in [9.17, 15) is 4.79 Å². The molecule has 2 aliphatic rings. The van der Waals surface area contributed by atoms with E-state index in [0.29, 0.717) is 11.9 Å². The van der Waals surface area contributed by atoms with Crippen molar-refractivity contribution in [2.75, 3.05) is 40.3 Å². The highest BCUT2D eigenvalue weighted by molar-refractivity contribution is 5.76. The van der Waals surface area contributed by atoms with Crippen LogP contribution in [0.15, 0.2) is 0 Å². The molecule has 19 heavy (non-hydrogen) atoms. The molecule has 1 N–H and O–H groups in total. The lowest BCUT2D eigenvalue weighted by atomic mass is 9.93. The Bertz CT molecular complexity index is 289. The zero-order valence-corrected chi connectivity index (χ0v) is 12.5. The second-order valence-corrected chi connectivity index (χ2v) is 6.29. The Kier molecular flexibility index (Phi) is 5.64. The zero-order valence-electron chi connectivity index (χ0n) is 12.5. The molecule has 2 heterocycles. The smallest absolute Gasteiger partial charge is 0.222 e. The van der Waals surface area contributed by atoms with Gasteiger partial charge in [0.25, 0.3) is 0 Å². The lowest BCUT2D eigenvalue weighted by molar-refractivity contribution is -0.133. The van der Waals surface area contributed by atoms with Crippen LogP contribution in [0, 0.1) is 5.92 Å². The van der Waals surface area contributed by atoms with Crippen LogP contribution in [0.3, 0.4) is 0 Å². The molecule has 2 saturated heterocycles. The van der Waals surface area contributed by atoms with Gasteiger partial charge >= 0.3 is 0 Å². The molecule has 4 nitrogen and oxygen atoms in total. The zero-order chi connectivity index (χ0) is 13.7. The molecule has 1 atom stereocenters. The lowest BCUT2D eigenvalue weighted by Crippen LogP contribution is -2.47. The van der Waals surface area contributed by atoms with E-state index in [1.165, 1.54) is 32.2 Å². The first-order valence-corrected chi connectivity index (χ1v) is 7.81. The quantitative estimate of drug-likeness (QED) is 0.834. The number of rotatable bonds is 4. The standard InChI is InChI=1S/C15H29N3O/c1-17-11-3-4-14(12-17)18(2)15(19)6-5-13-7-9-16-10-8-13/h13-14,16H,3-12H2,1-2H3. The van der Waals surface area contributed by atoms with E-state index in [0.717, 1.165) is 38.4 Å². The first-order valence-electron chi connectivity index (χ1n) is 7.81. The van der Waals surface area contributed by atoms with Crippen molar-refractivity contribution in [2.24, 2.45) is 5.92 Å². The topological polar surface area (TPSA) is 35.6 Å². The van der Waals surface area contributed by atoms with E-state index in [1.54, 1.807) is 0 Å². The summed E-state index contributed by atoms with van der Waals surface area (Å²) in [5, 5.41) is 3.38. The van der Waals surface area contributed by atoms with Crippen molar-refractivity contribution >= 4 is 5.91 Å². The van der Waals surface area contributed by atoms with Gasteiger partial charge in [-0.25, -0.2) is 0 Å². The summed E-state index contributed by atoms with van der Waals surface area (Å²) in [5.74, 6) is 1.10. The molecule has 1 unspecified atom stereocenters. The van der Waals surface area contributed by atoms with Crippen molar-refractivity contribution in [3.63, 3.8) is 0 Å². The fraction of sp³-hybridized carbons (Fsp3) is 0.933. The largest absolute Gasteiger partial charge is 0.341 e. The molecule has 110 valence electrons. The van der Waals surface area contributed by atoms with Gasteiger partial charge in [-0.1, -0.05) is 0 Å².